The lowest BCUT2D eigenvalue weighted by atomic mass is 10.3. The van der Waals surface area contributed by atoms with E-state index in [9.17, 15) is 0 Å². The Balaban J connectivity index is 1.91. The maximum absolute atomic E-state index is 5.77. The van der Waals surface area contributed by atoms with Crippen LogP contribution in [0.2, 0.25) is 5.15 Å². The van der Waals surface area contributed by atoms with Crippen molar-refractivity contribution in [1.82, 2.24) is 15.1 Å². The summed E-state index contributed by atoms with van der Waals surface area (Å²) in [6, 6.07) is 3.35. The van der Waals surface area contributed by atoms with Crippen LogP contribution in [0, 0.1) is 6.92 Å². The van der Waals surface area contributed by atoms with Gasteiger partial charge in [0.05, 0.1) is 5.69 Å². The smallest absolute Gasteiger partial charge is 0.228 e. The van der Waals surface area contributed by atoms with Crippen molar-refractivity contribution in [2.45, 2.75) is 13.3 Å². The molecule has 0 unspecified atom stereocenters. The van der Waals surface area contributed by atoms with Gasteiger partial charge in [-0.3, -0.25) is 0 Å². The van der Waals surface area contributed by atoms with Crippen molar-refractivity contribution in [1.29, 1.82) is 0 Å². The molecular weight excluding hydrogens is 242 g/mol. The molecule has 17 heavy (non-hydrogen) atoms. The molecule has 0 saturated heterocycles. The molecule has 90 valence electrons. The summed E-state index contributed by atoms with van der Waals surface area (Å²) in [5, 5.41) is 7.16. The van der Waals surface area contributed by atoms with Crippen molar-refractivity contribution in [2.24, 2.45) is 0 Å². The molecule has 0 atom stereocenters. The highest BCUT2D eigenvalue weighted by Crippen LogP contribution is 2.18. The Labute approximate surface area is 103 Å². The number of nitrogen functional groups attached to an aromatic ring is 1. The standard InChI is InChI=1S/C10H12ClN5O/c1-6-14-9(17-16-6)4-5-13-10-7(12)2-3-8(11)15-10/h2-3H,4-5,12H2,1H3,(H,13,15). The first kappa shape index (κ1) is 11.7. The third kappa shape index (κ3) is 3.07. The Bertz CT molecular complexity index is 513. The molecular formula is C10H12ClN5O. The maximum Gasteiger partial charge on any atom is 0.228 e. The third-order valence-corrected chi connectivity index (χ3v) is 2.30. The van der Waals surface area contributed by atoms with Crippen LogP contribution in [0.4, 0.5) is 11.5 Å². The van der Waals surface area contributed by atoms with E-state index in [0.717, 1.165) is 0 Å². The number of nitrogens with zero attached hydrogens (tertiary/aromatic N) is 3. The predicted molar refractivity (Wildman–Crippen MR) is 64.9 cm³/mol. The minimum Gasteiger partial charge on any atom is -0.396 e. The molecule has 2 aromatic rings. The number of hydrogen-bond acceptors (Lipinski definition) is 6. The van der Waals surface area contributed by atoms with Crippen molar-refractivity contribution in [2.75, 3.05) is 17.6 Å². The van der Waals surface area contributed by atoms with Gasteiger partial charge in [0.2, 0.25) is 5.89 Å². The highest BCUT2D eigenvalue weighted by atomic mass is 35.5. The van der Waals surface area contributed by atoms with E-state index >= 15 is 0 Å². The Morgan fingerprint density at radius 1 is 1.41 bits per heavy atom. The van der Waals surface area contributed by atoms with E-state index in [1.54, 1.807) is 19.1 Å². The number of aromatic nitrogens is 3. The van der Waals surface area contributed by atoms with E-state index in [2.05, 4.69) is 20.4 Å². The molecule has 2 rings (SSSR count). The van der Waals surface area contributed by atoms with Crippen LogP contribution in [0.1, 0.15) is 11.7 Å². The van der Waals surface area contributed by atoms with E-state index in [1.807, 2.05) is 0 Å². The number of hydrogen-bond donors (Lipinski definition) is 2. The lowest BCUT2D eigenvalue weighted by Gasteiger charge is -2.06. The van der Waals surface area contributed by atoms with E-state index in [4.69, 9.17) is 21.9 Å². The molecule has 2 aromatic heterocycles. The molecule has 0 aromatic carbocycles. The van der Waals surface area contributed by atoms with Gasteiger partial charge in [-0.05, 0) is 19.1 Å². The number of anilines is 2. The van der Waals surface area contributed by atoms with Crippen molar-refractivity contribution in [3.63, 3.8) is 0 Å². The van der Waals surface area contributed by atoms with Crippen molar-refractivity contribution in [3.05, 3.63) is 29.0 Å². The van der Waals surface area contributed by atoms with Crippen LogP contribution in [0.5, 0.6) is 0 Å². The zero-order valence-electron chi connectivity index (χ0n) is 9.27. The molecule has 0 spiro atoms. The second-order valence-electron chi connectivity index (χ2n) is 3.48. The number of rotatable bonds is 4. The van der Waals surface area contributed by atoms with Gasteiger partial charge >= 0.3 is 0 Å². The van der Waals surface area contributed by atoms with Crippen LogP contribution in [-0.4, -0.2) is 21.7 Å². The van der Waals surface area contributed by atoms with Gasteiger partial charge in [-0.25, -0.2) is 4.98 Å². The van der Waals surface area contributed by atoms with Crippen LogP contribution >= 0.6 is 11.6 Å². The van der Waals surface area contributed by atoms with Crippen LogP contribution in [-0.2, 0) is 6.42 Å². The van der Waals surface area contributed by atoms with E-state index < -0.39 is 0 Å². The van der Waals surface area contributed by atoms with Crippen molar-refractivity contribution >= 4 is 23.1 Å². The number of pyridine rings is 1. The highest BCUT2D eigenvalue weighted by Gasteiger charge is 2.04. The quantitative estimate of drug-likeness (QED) is 0.806. The second kappa shape index (κ2) is 5.01. The average Bonchev–Trinajstić information content (AvgIpc) is 2.69. The molecule has 6 nitrogen and oxygen atoms in total. The first-order valence-electron chi connectivity index (χ1n) is 5.10. The number of aryl methyl sites for hydroxylation is 1. The highest BCUT2D eigenvalue weighted by molar-refractivity contribution is 6.29. The lowest BCUT2D eigenvalue weighted by molar-refractivity contribution is 0.377. The molecule has 3 N–H and O–H groups in total. The Morgan fingerprint density at radius 2 is 2.24 bits per heavy atom. The molecule has 0 aliphatic rings. The zero-order valence-corrected chi connectivity index (χ0v) is 10.0. The minimum absolute atomic E-state index is 0.398. The third-order valence-electron chi connectivity index (χ3n) is 2.09. The summed E-state index contributed by atoms with van der Waals surface area (Å²) in [6.07, 6.45) is 0.606. The summed E-state index contributed by atoms with van der Waals surface area (Å²) < 4.78 is 4.98. The molecule has 0 fully saturated rings. The lowest BCUT2D eigenvalue weighted by Crippen LogP contribution is -2.08. The molecule has 0 bridgehead atoms. The van der Waals surface area contributed by atoms with Gasteiger partial charge in [-0.1, -0.05) is 16.8 Å². The minimum atomic E-state index is 0.398. The monoisotopic (exact) mass is 253 g/mol. The Morgan fingerprint density at radius 3 is 2.94 bits per heavy atom. The molecule has 0 amide bonds. The van der Waals surface area contributed by atoms with Crippen LogP contribution in [0.15, 0.2) is 16.7 Å². The summed E-state index contributed by atoms with van der Waals surface area (Å²) in [5.41, 5.74) is 6.29. The fraction of sp³-hybridized carbons (Fsp3) is 0.300. The van der Waals surface area contributed by atoms with Crippen molar-refractivity contribution < 1.29 is 4.52 Å². The SMILES string of the molecule is Cc1noc(CCNc2nc(Cl)ccc2N)n1. The number of halogens is 1. The number of nitrogens with one attached hydrogen (secondary N) is 1. The predicted octanol–water partition coefficient (Wildman–Crippen LogP) is 1.66. The van der Waals surface area contributed by atoms with E-state index in [-0.39, 0.29) is 0 Å². The molecule has 0 aliphatic heterocycles. The van der Waals surface area contributed by atoms with Gasteiger partial charge < -0.3 is 15.6 Å². The second-order valence-corrected chi connectivity index (χ2v) is 3.87. The van der Waals surface area contributed by atoms with E-state index in [0.29, 0.717) is 41.3 Å². The number of nitrogens with two attached hydrogens (primary N) is 1. The first-order valence-corrected chi connectivity index (χ1v) is 5.48. The van der Waals surface area contributed by atoms with Gasteiger partial charge in [0.15, 0.2) is 11.6 Å². The summed E-state index contributed by atoms with van der Waals surface area (Å²) in [6.45, 7) is 2.37. The molecule has 0 radical (unpaired) electrons. The summed E-state index contributed by atoms with van der Waals surface area (Å²) >= 11 is 5.77. The van der Waals surface area contributed by atoms with Crippen LogP contribution in [0.3, 0.4) is 0 Å². The van der Waals surface area contributed by atoms with Gasteiger partial charge in [0, 0.05) is 13.0 Å². The van der Waals surface area contributed by atoms with Gasteiger partial charge in [-0.15, -0.1) is 0 Å². The fourth-order valence-corrected chi connectivity index (χ4v) is 1.46. The molecule has 2 heterocycles. The zero-order chi connectivity index (χ0) is 12.3. The van der Waals surface area contributed by atoms with Crippen molar-refractivity contribution in [3.8, 4) is 0 Å². The largest absolute Gasteiger partial charge is 0.396 e. The molecule has 0 saturated carbocycles. The molecule has 7 heteroatoms. The normalized spacial score (nSPS) is 10.5. The first-order chi connectivity index (χ1) is 8.15. The van der Waals surface area contributed by atoms with Crippen LogP contribution < -0.4 is 11.1 Å². The fourth-order valence-electron chi connectivity index (χ4n) is 1.32. The van der Waals surface area contributed by atoms with Gasteiger partial charge in [0.25, 0.3) is 0 Å². The Hall–Kier alpha value is -1.82. The van der Waals surface area contributed by atoms with Crippen LogP contribution in [0.25, 0.3) is 0 Å². The summed E-state index contributed by atoms with van der Waals surface area (Å²) in [5.74, 6) is 1.77. The van der Waals surface area contributed by atoms with Gasteiger partial charge in [-0.2, -0.15) is 4.98 Å². The summed E-state index contributed by atoms with van der Waals surface area (Å²) in [7, 11) is 0. The average molecular weight is 254 g/mol. The van der Waals surface area contributed by atoms with Gasteiger partial charge in [0.1, 0.15) is 5.15 Å². The van der Waals surface area contributed by atoms with E-state index in [1.165, 1.54) is 0 Å². The maximum atomic E-state index is 5.77. The Kier molecular flexibility index (Phi) is 3.43. The summed E-state index contributed by atoms with van der Waals surface area (Å²) in [4.78, 5) is 8.16. The molecule has 0 aliphatic carbocycles. The topological polar surface area (TPSA) is 89.9 Å².